The maximum atomic E-state index is 12.9. The minimum atomic E-state index is -2.69. The van der Waals surface area contributed by atoms with E-state index in [4.69, 9.17) is 4.18 Å². The van der Waals surface area contributed by atoms with E-state index in [1.54, 1.807) is 19.3 Å². The lowest BCUT2D eigenvalue weighted by Gasteiger charge is -2.27. The summed E-state index contributed by atoms with van der Waals surface area (Å²) in [6.45, 7) is -1.42. The highest BCUT2D eigenvalue weighted by molar-refractivity contribution is 7.78. The third kappa shape index (κ3) is 3.77. The van der Waals surface area contributed by atoms with Gasteiger partial charge in [-0.05, 0) is 19.5 Å². The van der Waals surface area contributed by atoms with Crippen LogP contribution in [0.1, 0.15) is 23.7 Å². The molecule has 2 aliphatic heterocycles. The van der Waals surface area contributed by atoms with Crippen LogP contribution in [0.25, 0.3) is 5.57 Å². The second kappa shape index (κ2) is 8.15. The Hall–Kier alpha value is -2.02. The second-order valence-electron chi connectivity index (χ2n) is 6.27. The van der Waals surface area contributed by atoms with Crippen molar-refractivity contribution in [3.05, 3.63) is 40.2 Å². The van der Waals surface area contributed by atoms with Gasteiger partial charge in [-0.2, -0.15) is 13.9 Å². The average Bonchev–Trinajstić information content (AvgIpc) is 3.45. The molecule has 1 N–H and O–H groups in total. The highest BCUT2D eigenvalue weighted by atomic mass is 32.2. The monoisotopic (exact) mass is 428 g/mol. The largest absolute Gasteiger partial charge is 0.333 e. The van der Waals surface area contributed by atoms with Gasteiger partial charge in [-0.3, -0.25) is 9.18 Å². The number of rotatable bonds is 7. The molecule has 150 valence electrons. The lowest BCUT2D eigenvalue weighted by molar-refractivity contribution is 0.0565. The van der Waals surface area contributed by atoms with Crippen LogP contribution in [0.3, 0.4) is 0 Å². The minimum absolute atomic E-state index is 0.0859. The van der Waals surface area contributed by atoms with E-state index in [0.717, 1.165) is 22.1 Å². The van der Waals surface area contributed by atoms with E-state index < -0.39 is 17.8 Å². The summed E-state index contributed by atoms with van der Waals surface area (Å²) >= 11 is -0.0513. The minimum Gasteiger partial charge on any atom is -0.327 e. The SMILES string of the molecule is CNS(=O)OCC1CC2=C(c3ccn(C(F)F)n3)CN=C(c3nccs3)N2C1. The summed E-state index contributed by atoms with van der Waals surface area (Å²) < 4.78 is 45.9. The van der Waals surface area contributed by atoms with Gasteiger partial charge in [0.1, 0.15) is 0 Å². The van der Waals surface area contributed by atoms with Gasteiger partial charge in [0.15, 0.2) is 10.8 Å². The normalized spacial score (nSPS) is 20.6. The number of halogens is 2. The molecule has 12 heteroatoms. The molecule has 2 unspecified atom stereocenters. The molecule has 0 saturated carbocycles. The zero-order chi connectivity index (χ0) is 19.7. The van der Waals surface area contributed by atoms with Crippen molar-refractivity contribution in [3.8, 4) is 0 Å². The van der Waals surface area contributed by atoms with Gasteiger partial charge in [0.25, 0.3) is 0 Å². The molecule has 0 amide bonds. The molecular weight excluding hydrogens is 410 g/mol. The van der Waals surface area contributed by atoms with Crippen molar-refractivity contribution in [2.24, 2.45) is 10.9 Å². The maximum absolute atomic E-state index is 12.9. The topological polar surface area (TPSA) is 84.6 Å². The van der Waals surface area contributed by atoms with Gasteiger partial charge >= 0.3 is 6.55 Å². The van der Waals surface area contributed by atoms with Crippen molar-refractivity contribution in [3.63, 3.8) is 0 Å². The van der Waals surface area contributed by atoms with Crippen molar-refractivity contribution in [1.29, 1.82) is 0 Å². The predicted molar refractivity (Wildman–Crippen MR) is 102 cm³/mol. The lowest BCUT2D eigenvalue weighted by Crippen LogP contribution is -2.33. The Morgan fingerprint density at radius 2 is 2.36 bits per heavy atom. The number of nitrogens with zero attached hydrogens (tertiary/aromatic N) is 5. The van der Waals surface area contributed by atoms with Crippen LogP contribution < -0.4 is 4.72 Å². The Labute approximate surface area is 166 Å². The van der Waals surface area contributed by atoms with E-state index in [2.05, 4.69) is 24.7 Å². The van der Waals surface area contributed by atoms with Crippen LogP contribution in [0.5, 0.6) is 0 Å². The summed E-state index contributed by atoms with van der Waals surface area (Å²) in [5, 5.41) is 6.69. The lowest BCUT2D eigenvalue weighted by atomic mass is 10.0. The predicted octanol–water partition coefficient (Wildman–Crippen LogP) is 2.04. The number of aliphatic imine (C=N–C) groups is 1. The number of nitrogens with one attached hydrogen (secondary N) is 1. The molecule has 2 aromatic heterocycles. The van der Waals surface area contributed by atoms with E-state index in [1.807, 2.05) is 5.38 Å². The molecule has 2 atom stereocenters. The Balaban J connectivity index is 1.64. The number of amidine groups is 1. The van der Waals surface area contributed by atoms with E-state index >= 15 is 0 Å². The molecule has 4 rings (SSSR count). The van der Waals surface area contributed by atoms with E-state index in [0.29, 0.717) is 36.5 Å². The van der Waals surface area contributed by atoms with Gasteiger partial charge in [-0.15, -0.1) is 11.3 Å². The van der Waals surface area contributed by atoms with Crippen molar-refractivity contribution < 1.29 is 17.2 Å². The summed E-state index contributed by atoms with van der Waals surface area (Å²) in [5.41, 5.74) is 2.28. The zero-order valence-electron chi connectivity index (χ0n) is 14.9. The van der Waals surface area contributed by atoms with Crippen LogP contribution in [0.2, 0.25) is 0 Å². The molecule has 0 aliphatic carbocycles. The van der Waals surface area contributed by atoms with E-state index in [-0.39, 0.29) is 5.92 Å². The quantitative estimate of drug-likeness (QED) is 0.730. The van der Waals surface area contributed by atoms with Gasteiger partial charge in [-0.1, -0.05) is 0 Å². The number of fused-ring (bicyclic) bond motifs is 1. The zero-order valence-corrected chi connectivity index (χ0v) is 16.6. The molecular formula is C16H18F2N6O2S2. The fourth-order valence-corrected chi connectivity index (χ4v) is 4.42. The summed E-state index contributed by atoms with van der Waals surface area (Å²) in [6.07, 6.45) is 3.64. The fraction of sp³-hybridized carbons (Fsp3) is 0.438. The number of hydrogen-bond donors (Lipinski definition) is 1. The fourth-order valence-electron chi connectivity index (χ4n) is 3.33. The first-order chi connectivity index (χ1) is 13.6. The number of aromatic nitrogens is 3. The third-order valence-electron chi connectivity index (χ3n) is 4.56. The van der Waals surface area contributed by atoms with E-state index in [1.165, 1.54) is 17.5 Å². The first-order valence-electron chi connectivity index (χ1n) is 8.56. The highest BCUT2D eigenvalue weighted by Crippen LogP contribution is 2.37. The van der Waals surface area contributed by atoms with Crippen LogP contribution in [-0.4, -0.2) is 56.5 Å². The molecule has 0 spiro atoms. The highest BCUT2D eigenvalue weighted by Gasteiger charge is 2.36. The Morgan fingerprint density at radius 1 is 1.50 bits per heavy atom. The van der Waals surface area contributed by atoms with Gasteiger partial charge in [0, 0.05) is 41.5 Å². The summed E-state index contributed by atoms with van der Waals surface area (Å²) in [7, 11) is 1.56. The van der Waals surface area contributed by atoms with Crippen molar-refractivity contribution >= 4 is 34.0 Å². The number of allylic oxidation sites excluding steroid dienone is 1. The van der Waals surface area contributed by atoms with Crippen LogP contribution in [0, 0.1) is 5.92 Å². The molecule has 2 aromatic rings. The molecule has 0 bridgehead atoms. The summed E-state index contributed by atoms with van der Waals surface area (Å²) in [4.78, 5) is 11.1. The molecule has 0 aromatic carbocycles. The van der Waals surface area contributed by atoms with Crippen LogP contribution >= 0.6 is 11.3 Å². The standard InChI is InChI=1S/C16H18F2N6O2S2/c1-19-28(25)26-9-10-6-13-11(12-2-4-24(22-12)16(17)18)7-21-14(23(13)8-10)15-20-3-5-27-15/h2-5,10,16,19H,6-9H2,1H3. The van der Waals surface area contributed by atoms with Crippen LogP contribution in [0.15, 0.2) is 34.5 Å². The number of alkyl halides is 2. The van der Waals surface area contributed by atoms with Crippen LogP contribution in [0.4, 0.5) is 8.78 Å². The van der Waals surface area contributed by atoms with E-state index in [9.17, 15) is 13.0 Å². The van der Waals surface area contributed by atoms with Crippen molar-refractivity contribution in [2.75, 3.05) is 26.7 Å². The molecule has 1 fully saturated rings. The Kier molecular flexibility index (Phi) is 5.62. The second-order valence-corrected chi connectivity index (χ2v) is 8.27. The molecule has 0 radical (unpaired) electrons. The average molecular weight is 428 g/mol. The van der Waals surface area contributed by atoms with Gasteiger partial charge in [-0.25, -0.2) is 18.6 Å². The molecule has 8 nitrogen and oxygen atoms in total. The van der Waals surface area contributed by atoms with Gasteiger partial charge in [0.05, 0.1) is 18.8 Å². The number of hydrogen-bond acceptors (Lipinski definition) is 7. The Morgan fingerprint density at radius 3 is 3.04 bits per heavy atom. The summed E-state index contributed by atoms with van der Waals surface area (Å²) in [6, 6.07) is 1.58. The first kappa shape index (κ1) is 19.3. The molecule has 1 saturated heterocycles. The number of thiazole rings is 1. The first-order valence-corrected chi connectivity index (χ1v) is 10.5. The maximum Gasteiger partial charge on any atom is 0.333 e. The van der Waals surface area contributed by atoms with Crippen molar-refractivity contribution in [2.45, 2.75) is 13.0 Å². The Bertz CT molecular complexity index is 927. The molecule has 4 heterocycles. The van der Waals surface area contributed by atoms with Gasteiger partial charge in [0.2, 0.25) is 11.3 Å². The molecule has 28 heavy (non-hydrogen) atoms. The third-order valence-corrected chi connectivity index (χ3v) is 6.01. The van der Waals surface area contributed by atoms with Crippen molar-refractivity contribution in [1.82, 2.24) is 24.4 Å². The van der Waals surface area contributed by atoms with Gasteiger partial charge < -0.3 is 4.90 Å². The van der Waals surface area contributed by atoms with Crippen LogP contribution in [-0.2, 0) is 15.4 Å². The summed E-state index contributed by atoms with van der Waals surface area (Å²) in [5.74, 6) is 0.849. The molecule has 2 aliphatic rings. The smallest absolute Gasteiger partial charge is 0.327 e.